The van der Waals surface area contributed by atoms with E-state index in [4.69, 9.17) is 4.74 Å². The molecule has 0 unspecified atom stereocenters. The molecule has 6 heteroatoms. The molecule has 2 N–H and O–H groups in total. The third-order valence-corrected chi connectivity index (χ3v) is 4.28. The average Bonchev–Trinajstić information content (AvgIpc) is 2.39. The van der Waals surface area contributed by atoms with Crippen molar-refractivity contribution in [1.82, 2.24) is 0 Å². The maximum Gasteiger partial charge on any atom is 0.235 e. The first-order chi connectivity index (χ1) is 9.12. The summed E-state index contributed by atoms with van der Waals surface area (Å²) < 4.78 is 31.6. The predicted molar refractivity (Wildman–Crippen MR) is 77.2 cm³/mol. The highest BCUT2D eigenvalue weighted by atomic mass is 32.2. The molecule has 1 aliphatic rings. The van der Waals surface area contributed by atoms with Gasteiger partial charge in [-0.25, -0.2) is 8.42 Å². The molecular weight excluding hydrogens is 264 g/mol. The van der Waals surface area contributed by atoms with Crippen molar-refractivity contribution >= 4 is 21.4 Å². The zero-order valence-corrected chi connectivity index (χ0v) is 11.9. The third kappa shape index (κ3) is 3.84. The van der Waals surface area contributed by atoms with Gasteiger partial charge in [-0.1, -0.05) is 12.1 Å². The molecule has 5 nitrogen and oxygen atoms in total. The predicted octanol–water partition coefficient (Wildman–Crippen LogP) is 1.82. The largest absolute Gasteiger partial charge is 0.383 e. The van der Waals surface area contributed by atoms with Gasteiger partial charge in [0.1, 0.15) is 0 Å². The van der Waals surface area contributed by atoms with Gasteiger partial charge in [0, 0.05) is 13.2 Å². The first-order valence-electron chi connectivity index (χ1n) is 6.56. The lowest BCUT2D eigenvalue weighted by Crippen LogP contribution is -2.22. The maximum absolute atomic E-state index is 11.9. The lowest BCUT2D eigenvalue weighted by molar-refractivity contribution is 0.163. The molecule has 0 spiro atoms. The molecule has 1 aromatic carbocycles. The molecule has 106 valence electrons. The lowest BCUT2D eigenvalue weighted by atomic mass is 10.0. The molecule has 0 saturated heterocycles. The van der Waals surface area contributed by atoms with E-state index in [1.165, 1.54) is 0 Å². The SMILES string of the molecule is CCOCCS(=O)(=O)Nc1cccc2c1NCCC2. The van der Waals surface area contributed by atoms with Crippen LogP contribution in [0.5, 0.6) is 0 Å². The van der Waals surface area contributed by atoms with Gasteiger partial charge in [0.25, 0.3) is 0 Å². The highest BCUT2D eigenvalue weighted by Crippen LogP contribution is 2.30. The van der Waals surface area contributed by atoms with Gasteiger partial charge < -0.3 is 10.1 Å². The van der Waals surface area contributed by atoms with Gasteiger partial charge in [-0.2, -0.15) is 0 Å². The molecule has 0 radical (unpaired) electrons. The lowest BCUT2D eigenvalue weighted by Gasteiger charge is -2.21. The Morgan fingerprint density at radius 2 is 2.26 bits per heavy atom. The van der Waals surface area contributed by atoms with Crippen LogP contribution in [0.25, 0.3) is 0 Å². The fraction of sp³-hybridized carbons (Fsp3) is 0.538. The number of fused-ring (bicyclic) bond motifs is 1. The quantitative estimate of drug-likeness (QED) is 0.782. The second-order valence-corrected chi connectivity index (χ2v) is 6.33. The summed E-state index contributed by atoms with van der Waals surface area (Å²) in [5.41, 5.74) is 2.71. The van der Waals surface area contributed by atoms with Crippen molar-refractivity contribution in [2.75, 3.05) is 35.6 Å². The zero-order chi connectivity index (χ0) is 13.7. The minimum atomic E-state index is -3.36. The summed E-state index contributed by atoms with van der Waals surface area (Å²) in [6.07, 6.45) is 2.06. The van der Waals surface area contributed by atoms with Gasteiger partial charge in [-0.05, 0) is 31.4 Å². The summed E-state index contributed by atoms with van der Waals surface area (Å²) in [4.78, 5) is 0. The van der Waals surface area contributed by atoms with Crippen LogP contribution >= 0.6 is 0 Å². The molecule has 0 fully saturated rings. The van der Waals surface area contributed by atoms with E-state index in [0.29, 0.717) is 12.3 Å². The Kier molecular flexibility index (Phi) is 4.66. The van der Waals surface area contributed by atoms with Crippen LogP contribution in [0.15, 0.2) is 18.2 Å². The van der Waals surface area contributed by atoms with Gasteiger partial charge >= 0.3 is 0 Å². The van der Waals surface area contributed by atoms with Crippen molar-refractivity contribution in [2.24, 2.45) is 0 Å². The number of hydrogen-bond donors (Lipinski definition) is 2. The molecule has 0 atom stereocenters. The highest BCUT2D eigenvalue weighted by Gasteiger charge is 2.16. The average molecular weight is 284 g/mol. The fourth-order valence-electron chi connectivity index (χ4n) is 2.13. The summed E-state index contributed by atoms with van der Waals surface area (Å²) in [6, 6.07) is 5.70. The van der Waals surface area contributed by atoms with Crippen molar-refractivity contribution in [3.63, 3.8) is 0 Å². The van der Waals surface area contributed by atoms with Gasteiger partial charge in [-0.15, -0.1) is 0 Å². The number of ether oxygens (including phenoxy) is 1. The van der Waals surface area contributed by atoms with E-state index in [1.54, 1.807) is 6.07 Å². The second-order valence-electron chi connectivity index (χ2n) is 4.49. The van der Waals surface area contributed by atoms with E-state index in [2.05, 4.69) is 10.0 Å². The molecular formula is C13H20N2O3S. The van der Waals surface area contributed by atoms with E-state index < -0.39 is 10.0 Å². The topological polar surface area (TPSA) is 67.4 Å². The molecule has 0 bridgehead atoms. The molecule has 0 aromatic heterocycles. The Hall–Kier alpha value is -1.27. The Balaban J connectivity index is 2.10. The van der Waals surface area contributed by atoms with Gasteiger partial charge in [-0.3, -0.25) is 4.72 Å². The Bertz CT molecular complexity index is 529. The van der Waals surface area contributed by atoms with Crippen LogP contribution in [0.2, 0.25) is 0 Å². The van der Waals surface area contributed by atoms with Crippen LogP contribution in [0.4, 0.5) is 11.4 Å². The van der Waals surface area contributed by atoms with Crippen molar-refractivity contribution in [1.29, 1.82) is 0 Å². The normalized spacial score (nSPS) is 14.6. The number of sulfonamides is 1. The highest BCUT2D eigenvalue weighted by molar-refractivity contribution is 7.92. The molecule has 0 aliphatic carbocycles. The zero-order valence-electron chi connectivity index (χ0n) is 11.1. The smallest absolute Gasteiger partial charge is 0.235 e. The van der Waals surface area contributed by atoms with Crippen molar-refractivity contribution in [3.8, 4) is 0 Å². The molecule has 1 heterocycles. The summed E-state index contributed by atoms with van der Waals surface area (Å²) in [6.45, 7) is 3.47. The number of nitrogens with one attached hydrogen (secondary N) is 2. The van der Waals surface area contributed by atoms with Crippen molar-refractivity contribution in [3.05, 3.63) is 23.8 Å². The maximum atomic E-state index is 11.9. The first-order valence-corrected chi connectivity index (χ1v) is 8.21. The van der Waals surface area contributed by atoms with Gasteiger partial charge in [0.2, 0.25) is 10.0 Å². The molecule has 0 saturated carbocycles. The molecule has 19 heavy (non-hydrogen) atoms. The Morgan fingerprint density at radius 1 is 1.42 bits per heavy atom. The number of rotatable bonds is 6. The Morgan fingerprint density at radius 3 is 3.05 bits per heavy atom. The molecule has 1 aromatic rings. The third-order valence-electron chi connectivity index (χ3n) is 3.04. The van der Waals surface area contributed by atoms with Gasteiger partial charge in [0.15, 0.2) is 0 Å². The monoisotopic (exact) mass is 284 g/mol. The minimum absolute atomic E-state index is 0.0233. The van der Waals surface area contributed by atoms with Crippen molar-refractivity contribution < 1.29 is 13.2 Å². The van der Waals surface area contributed by atoms with Crippen LogP contribution in [0, 0.1) is 0 Å². The number of aryl methyl sites for hydroxylation is 1. The molecule has 0 amide bonds. The van der Waals surface area contributed by atoms with Crippen molar-refractivity contribution in [2.45, 2.75) is 19.8 Å². The van der Waals surface area contributed by atoms with E-state index in [0.717, 1.165) is 30.6 Å². The van der Waals surface area contributed by atoms with E-state index in [1.807, 2.05) is 19.1 Å². The summed E-state index contributed by atoms with van der Waals surface area (Å²) in [5.74, 6) is -0.0233. The minimum Gasteiger partial charge on any atom is -0.383 e. The van der Waals surface area contributed by atoms with Gasteiger partial charge in [0.05, 0.1) is 23.7 Å². The number of anilines is 2. The second kappa shape index (κ2) is 6.25. The van der Waals surface area contributed by atoms with Crippen LogP contribution < -0.4 is 10.0 Å². The molecule has 1 aliphatic heterocycles. The summed E-state index contributed by atoms with van der Waals surface area (Å²) in [7, 11) is -3.36. The van der Waals surface area contributed by atoms with Crippen LogP contribution in [0.1, 0.15) is 18.9 Å². The standard InChI is InChI=1S/C13H20N2O3S/c1-2-18-9-10-19(16,17)15-12-7-3-5-11-6-4-8-14-13(11)12/h3,5,7,14-15H,2,4,6,8-10H2,1H3. The van der Waals surface area contributed by atoms with Crippen LogP contribution in [-0.2, 0) is 21.2 Å². The van der Waals surface area contributed by atoms with E-state index in [9.17, 15) is 8.42 Å². The van der Waals surface area contributed by atoms with E-state index >= 15 is 0 Å². The number of hydrogen-bond acceptors (Lipinski definition) is 4. The Labute approximate surface area is 114 Å². The number of para-hydroxylation sites is 1. The molecule has 2 rings (SSSR count). The van der Waals surface area contributed by atoms with Crippen LogP contribution in [-0.4, -0.2) is 33.9 Å². The number of benzene rings is 1. The summed E-state index contributed by atoms with van der Waals surface area (Å²) in [5, 5.41) is 3.26. The first kappa shape index (κ1) is 14.1. The van der Waals surface area contributed by atoms with E-state index in [-0.39, 0.29) is 12.4 Å². The summed E-state index contributed by atoms with van der Waals surface area (Å²) >= 11 is 0. The fourth-order valence-corrected chi connectivity index (χ4v) is 3.07. The van der Waals surface area contributed by atoms with Crippen LogP contribution in [0.3, 0.4) is 0 Å².